The number of rotatable bonds is 1. The standard InChI is InChI=1S/C20H19N5O3/c1-23-9-7-20(28,18(23)26)6-5-14-3-2-4-15(11-14)16-12-24(19(21)27)13-17-22-8-10-25(16)17/h2-4,8,10-12,28H,7,9,13H2,1H3,(H2,21,27)/p+1. The molecular formula is C20H20N5O3+. The number of carbonyl (C=O) groups is 2. The predicted octanol–water partition coefficient (Wildman–Crippen LogP) is -0.908. The van der Waals surface area contributed by atoms with Crippen LogP contribution in [0.1, 0.15) is 17.5 Å². The van der Waals surface area contributed by atoms with Gasteiger partial charge in [-0.25, -0.2) is 14.7 Å². The zero-order valence-electron chi connectivity index (χ0n) is 15.3. The van der Waals surface area contributed by atoms with Crippen molar-refractivity contribution in [2.45, 2.75) is 12.0 Å². The zero-order valence-corrected chi connectivity index (χ0v) is 15.3. The number of hydrogen-bond acceptors (Lipinski definition) is 4. The second-order valence-corrected chi connectivity index (χ2v) is 6.98. The minimum atomic E-state index is -1.64. The van der Waals surface area contributed by atoms with Crippen molar-refractivity contribution in [2.75, 3.05) is 20.1 Å². The number of nitrogens with two attached hydrogens (primary N) is 1. The maximum absolute atomic E-state index is 12.1. The first kappa shape index (κ1) is 18.0. The molecule has 8 nitrogen and oxygen atoms in total. The molecule has 0 radical (unpaired) electrons. The van der Waals surface area contributed by atoms with Gasteiger partial charge in [0.15, 0.2) is 5.70 Å². The van der Waals surface area contributed by atoms with E-state index in [9.17, 15) is 14.7 Å². The Bertz CT molecular complexity index is 1020. The highest BCUT2D eigenvalue weighted by Crippen LogP contribution is 2.21. The Labute approximate surface area is 162 Å². The lowest BCUT2D eigenvalue weighted by Crippen LogP contribution is -3.08. The van der Waals surface area contributed by atoms with E-state index in [1.807, 2.05) is 30.5 Å². The van der Waals surface area contributed by atoms with E-state index in [0.29, 0.717) is 18.7 Å². The van der Waals surface area contributed by atoms with Gasteiger partial charge in [-0.05, 0) is 18.2 Å². The Morgan fingerprint density at radius 3 is 2.96 bits per heavy atom. The van der Waals surface area contributed by atoms with Crippen molar-refractivity contribution in [1.82, 2.24) is 9.80 Å². The fourth-order valence-corrected chi connectivity index (χ4v) is 3.45. The molecule has 142 valence electrons. The summed E-state index contributed by atoms with van der Waals surface area (Å²) >= 11 is 0. The molecule has 0 saturated carbocycles. The number of benzene rings is 1. The van der Waals surface area contributed by atoms with Gasteiger partial charge in [0, 0.05) is 31.1 Å². The third-order valence-corrected chi connectivity index (χ3v) is 5.06. The van der Waals surface area contributed by atoms with Crippen molar-refractivity contribution in [1.29, 1.82) is 0 Å². The summed E-state index contributed by atoms with van der Waals surface area (Å²) in [5.74, 6) is 6.04. The van der Waals surface area contributed by atoms with E-state index in [1.165, 1.54) is 9.80 Å². The van der Waals surface area contributed by atoms with Crippen molar-refractivity contribution in [3.8, 4) is 11.8 Å². The van der Waals surface area contributed by atoms with Crippen molar-refractivity contribution in [2.24, 2.45) is 10.7 Å². The number of quaternary nitrogens is 1. The summed E-state index contributed by atoms with van der Waals surface area (Å²) in [6.45, 7) is 0.815. The molecule has 0 bridgehead atoms. The van der Waals surface area contributed by atoms with Gasteiger partial charge >= 0.3 is 6.03 Å². The molecular weight excluding hydrogens is 358 g/mol. The van der Waals surface area contributed by atoms with Gasteiger partial charge in [-0.2, -0.15) is 0 Å². The Morgan fingerprint density at radius 2 is 2.25 bits per heavy atom. The van der Waals surface area contributed by atoms with Crippen LogP contribution < -0.4 is 10.6 Å². The third kappa shape index (κ3) is 3.07. The number of urea groups is 1. The van der Waals surface area contributed by atoms with Gasteiger partial charge in [0.05, 0.1) is 12.4 Å². The number of hydrogen-bond donors (Lipinski definition) is 3. The molecule has 2 unspecified atom stereocenters. The number of nitrogens with zero attached hydrogens (tertiary/aromatic N) is 3. The maximum Gasteiger partial charge on any atom is 0.319 e. The molecule has 0 aromatic heterocycles. The predicted molar refractivity (Wildman–Crippen MR) is 102 cm³/mol. The molecule has 1 saturated heterocycles. The summed E-state index contributed by atoms with van der Waals surface area (Å²) in [5.41, 5.74) is 6.13. The van der Waals surface area contributed by atoms with Gasteiger partial charge in [0.25, 0.3) is 5.91 Å². The second kappa shape index (κ2) is 6.64. The SMILES string of the molecule is CN1CCC(O)(C#Cc2cccc(C3=CN(C(N)=O)CC4=NC=C[NH+]34)c2)C1=O. The Balaban J connectivity index is 1.67. The number of carbonyl (C=O) groups excluding carboxylic acids is 2. The average molecular weight is 378 g/mol. The molecule has 1 aromatic carbocycles. The maximum atomic E-state index is 12.1. The second-order valence-electron chi connectivity index (χ2n) is 6.98. The fraction of sp³-hybridized carbons (Fsp3) is 0.250. The summed E-state index contributed by atoms with van der Waals surface area (Å²) in [6, 6.07) is 6.86. The fourth-order valence-electron chi connectivity index (χ4n) is 3.45. The molecule has 3 aliphatic rings. The normalized spacial score (nSPS) is 25.8. The van der Waals surface area contributed by atoms with Crippen LogP contribution >= 0.6 is 0 Å². The van der Waals surface area contributed by atoms with E-state index in [0.717, 1.165) is 22.0 Å². The molecule has 0 spiro atoms. The van der Waals surface area contributed by atoms with Gasteiger partial charge in [-0.1, -0.05) is 17.9 Å². The van der Waals surface area contributed by atoms with Crippen molar-refractivity contribution in [3.05, 3.63) is 54.0 Å². The molecule has 28 heavy (non-hydrogen) atoms. The van der Waals surface area contributed by atoms with Crippen LogP contribution in [-0.4, -0.2) is 58.4 Å². The van der Waals surface area contributed by atoms with E-state index in [1.54, 1.807) is 19.4 Å². The van der Waals surface area contributed by atoms with Crippen LogP contribution in [0.3, 0.4) is 0 Å². The van der Waals surface area contributed by atoms with E-state index in [-0.39, 0.29) is 12.3 Å². The van der Waals surface area contributed by atoms with E-state index < -0.39 is 11.6 Å². The topological polar surface area (TPSA) is 104 Å². The number of nitrogens with one attached hydrogen (secondary N) is 1. The highest BCUT2D eigenvalue weighted by Gasteiger charge is 2.42. The summed E-state index contributed by atoms with van der Waals surface area (Å²) < 4.78 is 0. The molecule has 0 aliphatic carbocycles. The number of primary amides is 1. The molecule has 1 aromatic rings. The molecule has 3 aliphatic heterocycles. The molecule has 3 heterocycles. The molecule has 3 amide bonds. The third-order valence-electron chi connectivity index (χ3n) is 5.06. The number of aliphatic hydroxyl groups is 1. The number of amidine groups is 1. The van der Waals surface area contributed by atoms with Crippen LogP contribution in [0.4, 0.5) is 4.79 Å². The minimum absolute atomic E-state index is 0.288. The first-order valence-corrected chi connectivity index (χ1v) is 8.88. The van der Waals surface area contributed by atoms with Crippen molar-refractivity contribution >= 4 is 23.5 Å². The Hall–Kier alpha value is -3.41. The zero-order chi connectivity index (χ0) is 19.9. The monoisotopic (exact) mass is 378 g/mol. The number of fused-ring (bicyclic) bond motifs is 1. The van der Waals surface area contributed by atoms with Crippen LogP contribution in [0.5, 0.6) is 0 Å². The smallest absolute Gasteiger partial charge is 0.319 e. The quantitative estimate of drug-likeness (QED) is 0.551. The Morgan fingerprint density at radius 1 is 1.43 bits per heavy atom. The molecule has 1 fully saturated rings. The highest BCUT2D eigenvalue weighted by molar-refractivity contribution is 5.91. The highest BCUT2D eigenvalue weighted by atomic mass is 16.3. The number of amides is 3. The van der Waals surface area contributed by atoms with E-state index >= 15 is 0 Å². The van der Waals surface area contributed by atoms with Crippen LogP contribution in [0, 0.1) is 11.8 Å². The van der Waals surface area contributed by atoms with Gasteiger partial charge < -0.3 is 15.7 Å². The average Bonchev–Trinajstić information content (AvgIpc) is 3.27. The van der Waals surface area contributed by atoms with Crippen LogP contribution in [-0.2, 0) is 4.79 Å². The molecule has 4 N–H and O–H groups in total. The summed E-state index contributed by atoms with van der Waals surface area (Å²) in [4.78, 5) is 31.9. The van der Waals surface area contributed by atoms with Crippen molar-refractivity contribution < 1.29 is 19.6 Å². The molecule has 4 rings (SSSR count). The first-order chi connectivity index (χ1) is 13.4. The number of likely N-dealkylation sites (N-methyl/N-ethyl adjacent to an activating group) is 1. The number of likely N-dealkylation sites (tertiary alicyclic amines) is 1. The summed E-state index contributed by atoms with van der Waals surface area (Å²) in [7, 11) is 1.65. The van der Waals surface area contributed by atoms with Crippen LogP contribution in [0.2, 0.25) is 0 Å². The summed E-state index contributed by atoms with van der Waals surface area (Å²) in [6.07, 6.45) is 5.59. The van der Waals surface area contributed by atoms with Gasteiger partial charge in [-0.3, -0.25) is 9.69 Å². The first-order valence-electron chi connectivity index (χ1n) is 8.88. The van der Waals surface area contributed by atoms with Crippen LogP contribution in [0.15, 0.2) is 47.9 Å². The van der Waals surface area contributed by atoms with Gasteiger partial charge in [-0.15, -0.1) is 0 Å². The molecule has 2 atom stereocenters. The van der Waals surface area contributed by atoms with E-state index in [2.05, 4.69) is 16.8 Å². The minimum Gasteiger partial charge on any atom is -0.369 e. The molecule has 8 heteroatoms. The van der Waals surface area contributed by atoms with Gasteiger partial charge in [0.2, 0.25) is 11.4 Å². The van der Waals surface area contributed by atoms with Crippen LogP contribution in [0.25, 0.3) is 5.70 Å². The Kier molecular flexibility index (Phi) is 4.26. The lowest BCUT2D eigenvalue weighted by atomic mass is 10.0. The van der Waals surface area contributed by atoms with Gasteiger partial charge in [0.1, 0.15) is 12.7 Å². The van der Waals surface area contributed by atoms with E-state index in [4.69, 9.17) is 5.73 Å². The van der Waals surface area contributed by atoms with Crippen molar-refractivity contribution in [3.63, 3.8) is 0 Å². The lowest BCUT2D eigenvalue weighted by Gasteiger charge is -2.26. The summed E-state index contributed by atoms with van der Waals surface area (Å²) in [5, 5.41) is 10.5. The number of aliphatic imine (C=N–C) groups is 1. The largest absolute Gasteiger partial charge is 0.369 e. The lowest BCUT2D eigenvalue weighted by molar-refractivity contribution is -0.659.